The number of aromatic amines is 1. The van der Waals surface area contributed by atoms with E-state index in [1.54, 1.807) is 6.07 Å². The predicted octanol–water partition coefficient (Wildman–Crippen LogP) is 0.938. The molecule has 0 aromatic carbocycles. The smallest absolute Gasteiger partial charge is 0.261 e. The van der Waals surface area contributed by atoms with E-state index in [1.807, 2.05) is 0 Å². The highest BCUT2D eigenvalue weighted by molar-refractivity contribution is 5.85. The van der Waals surface area contributed by atoms with Crippen molar-refractivity contribution in [1.82, 2.24) is 9.97 Å². The summed E-state index contributed by atoms with van der Waals surface area (Å²) >= 11 is 0. The molecule has 0 fully saturated rings. The molecule has 0 amide bonds. The lowest BCUT2D eigenvalue weighted by atomic mass is 10.4. The van der Waals surface area contributed by atoms with Crippen LogP contribution in [-0.4, -0.2) is 9.97 Å². The van der Waals surface area contributed by atoms with Crippen LogP contribution >= 0.6 is 12.4 Å². The van der Waals surface area contributed by atoms with Gasteiger partial charge in [0.25, 0.3) is 5.56 Å². The zero-order chi connectivity index (χ0) is 6.97. The Bertz CT molecular complexity index is 406. The zero-order valence-corrected chi connectivity index (χ0v) is 6.22. The summed E-state index contributed by atoms with van der Waals surface area (Å²) in [4.78, 5) is 17.1. The van der Waals surface area contributed by atoms with Gasteiger partial charge < -0.3 is 9.40 Å². The predicted molar refractivity (Wildman–Crippen MR) is 41.9 cm³/mol. The van der Waals surface area contributed by atoms with E-state index in [0.29, 0.717) is 11.1 Å². The molecule has 5 heteroatoms. The van der Waals surface area contributed by atoms with Crippen LogP contribution in [0.3, 0.4) is 0 Å². The van der Waals surface area contributed by atoms with E-state index in [9.17, 15) is 4.79 Å². The third kappa shape index (κ3) is 1.12. The number of hydrogen-bond donors (Lipinski definition) is 1. The number of halogens is 1. The van der Waals surface area contributed by atoms with Gasteiger partial charge in [0.15, 0.2) is 0 Å². The molecule has 11 heavy (non-hydrogen) atoms. The lowest BCUT2D eigenvalue weighted by Gasteiger charge is -1.81. The summed E-state index contributed by atoms with van der Waals surface area (Å²) in [5.74, 6) is 0. The van der Waals surface area contributed by atoms with Crippen LogP contribution in [-0.2, 0) is 0 Å². The fraction of sp³-hybridized carbons (Fsp3) is 0. The van der Waals surface area contributed by atoms with Gasteiger partial charge in [-0.15, -0.1) is 12.4 Å². The number of rotatable bonds is 0. The first kappa shape index (κ1) is 7.81. The van der Waals surface area contributed by atoms with Crippen molar-refractivity contribution in [3.05, 3.63) is 29.0 Å². The molecule has 58 valence electrons. The van der Waals surface area contributed by atoms with E-state index in [-0.39, 0.29) is 18.0 Å². The Hall–Kier alpha value is -1.29. The third-order valence-electron chi connectivity index (χ3n) is 1.27. The Morgan fingerprint density at radius 1 is 1.55 bits per heavy atom. The SMILES string of the molecule is Cl.O=c1[nH]cnc2occc12. The van der Waals surface area contributed by atoms with Crippen LogP contribution in [0.1, 0.15) is 0 Å². The Kier molecular flexibility index (Phi) is 1.96. The normalized spacial score (nSPS) is 9.45. The number of nitrogens with one attached hydrogen (secondary N) is 1. The largest absolute Gasteiger partial charge is 0.446 e. The molecular formula is C6H5ClN2O2. The molecule has 2 heterocycles. The number of aromatic nitrogens is 2. The molecular weight excluding hydrogens is 168 g/mol. The number of H-pyrrole nitrogens is 1. The van der Waals surface area contributed by atoms with Crippen molar-refractivity contribution >= 4 is 23.5 Å². The van der Waals surface area contributed by atoms with Gasteiger partial charge in [-0.05, 0) is 6.07 Å². The summed E-state index contributed by atoms with van der Waals surface area (Å²) in [6, 6.07) is 1.58. The molecule has 0 saturated heterocycles. The van der Waals surface area contributed by atoms with Crippen molar-refractivity contribution < 1.29 is 4.42 Å². The van der Waals surface area contributed by atoms with Crippen molar-refractivity contribution in [2.75, 3.05) is 0 Å². The van der Waals surface area contributed by atoms with Gasteiger partial charge in [0.2, 0.25) is 5.71 Å². The first-order valence-corrected chi connectivity index (χ1v) is 2.79. The van der Waals surface area contributed by atoms with Gasteiger partial charge in [-0.25, -0.2) is 4.98 Å². The Labute approximate surface area is 67.7 Å². The second-order valence-corrected chi connectivity index (χ2v) is 1.87. The highest BCUT2D eigenvalue weighted by Gasteiger charge is 1.98. The molecule has 2 aromatic heterocycles. The maximum Gasteiger partial charge on any atom is 0.261 e. The molecule has 0 atom stereocenters. The van der Waals surface area contributed by atoms with Gasteiger partial charge in [-0.3, -0.25) is 4.79 Å². The highest BCUT2D eigenvalue weighted by Crippen LogP contribution is 2.04. The van der Waals surface area contributed by atoms with E-state index < -0.39 is 0 Å². The molecule has 0 saturated carbocycles. The molecule has 0 bridgehead atoms. The summed E-state index contributed by atoms with van der Waals surface area (Å²) < 4.78 is 4.87. The van der Waals surface area contributed by atoms with Gasteiger partial charge in [0.1, 0.15) is 5.39 Å². The molecule has 0 radical (unpaired) electrons. The highest BCUT2D eigenvalue weighted by atomic mass is 35.5. The third-order valence-corrected chi connectivity index (χ3v) is 1.27. The minimum Gasteiger partial charge on any atom is -0.446 e. The molecule has 0 aliphatic carbocycles. The fourth-order valence-electron chi connectivity index (χ4n) is 0.801. The minimum atomic E-state index is -0.168. The molecule has 2 rings (SSSR count). The summed E-state index contributed by atoms with van der Waals surface area (Å²) in [7, 11) is 0. The van der Waals surface area contributed by atoms with Crippen LogP contribution in [0.15, 0.2) is 27.9 Å². The molecule has 4 nitrogen and oxygen atoms in total. The van der Waals surface area contributed by atoms with Crippen LogP contribution in [0.2, 0.25) is 0 Å². The van der Waals surface area contributed by atoms with Crippen molar-refractivity contribution in [2.45, 2.75) is 0 Å². The summed E-state index contributed by atoms with van der Waals surface area (Å²) in [6.45, 7) is 0. The number of hydrogen-bond acceptors (Lipinski definition) is 3. The van der Waals surface area contributed by atoms with Crippen molar-refractivity contribution in [1.29, 1.82) is 0 Å². The molecule has 2 aromatic rings. The zero-order valence-electron chi connectivity index (χ0n) is 5.40. The van der Waals surface area contributed by atoms with E-state index >= 15 is 0 Å². The molecule has 0 aliphatic heterocycles. The molecule has 1 N–H and O–H groups in total. The van der Waals surface area contributed by atoms with Gasteiger partial charge in [-0.1, -0.05) is 0 Å². The standard InChI is InChI=1S/C6H4N2O2.ClH/c9-5-4-1-2-10-6(4)8-3-7-5;/h1-3H,(H,7,8,9);1H. The molecule has 0 aliphatic rings. The average Bonchev–Trinajstić information content (AvgIpc) is 2.36. The second-order valence-electron chi connectivity index (χ2n) is 1.87. The van der Waals surface area contributed by atoms with Crippen molar-refractivity contribution in [2.24, 2.45) is 0 Å². The van der Waals surface area contributed by atoms with Crippen LogP contribution in [0.5, 0.6) is 0 Å². The first-order valence-electron chi connectivity index (χ1n) is 2.79. The first-order chi connectivity index (χ1) is 4.88. The quantitative estimate of drug-likeness (QED) is 0.644. The van der Waals surface area contributed by atoms with E-state index in [4.69, 9.17) is 4.42 Å². The van der Waals surface area contributed by atoms with Crippen molar-refractivity contribution in [3.8, 4) is 0 Å². The topological polar surface area (TPSA) is 58.9 Å². The summed E-state index contributed by atoms with van der Waals surface area (Å²) in [5, 5.41) is 0.488. The monoisotopic (exact) mass is 172 g/mol. The van der Waals surface area contributed by atoms with Crippen LogP contribution in [0, 0.1) is 0 Å². The Morgan fingerprint density at radius 2 is 2.36 bits per heavy atom. The summed E-state index contributed by atoms with van der Waals surface area (Å²) in [5.41, 5.74) is 0.211. The molecule has 0 spiro atoms. The average molecular weight is 173 g/mol. The summed E-state index contributed by atoms with van der Waals surface area (Å²) in [6.07, 6.45) is 2.75. The number of nitrogens with zero attached hydrogens (tertiary/aromatic N) is 1. The fourth-order valence-corrected chi connectivity index (χ4v) is 0.801. The Balaban J connectivity index is 0.000000605. The van der Waals surface area contributed by atoms with Gasteiger partial charge in [-0.2, -0.15) is 0 Å². The van der Waals surface area contributed by atoms with Gasteiger partial charge >= 0.3 is 0 Å². The minimum absolute atomic E-state index is 0. The van der Waals surface area contributed by atoms with Crippen LogP contribution < -0.4 is 5.56 Å². The molecule has 0 unspecified atom stereocenters. The lowest BCUT2D eigenvalue weighted by Crippen LogP contribution is -2.03. The van der Waals surface area contributed by atoms with Crippen LogP contribution in [0.25, 0.3) is 11.1 Å². The second kappa shape index (κ2) is 2.75. The van der Waals surface area contributed by atoms with Crippen molar-refractivity contribution in [3.63, 3.8) is 0 Å². The Morgan fingerprint density at radius 3 is 3.09 bits per heavy atom. The maximum atomic E-state index is 10.9. The number of fused-ring (bicyclic) bond motifs is 1. The maximum absolute atomic E-state index is 10.9. The van der Waals surface area contributed by atoms with E-state index in [1.165, 1.54) is 12.6 Å². The number of furan rings is 1. The lowest BCUT2D eigenvalue weighted by molar-refractivity contribution is 0.602. The van der Waals surface area contributed by atoms with Gasteiger partial charge in [0, 0.05) is 0 Å². The van der Waals surface area contributed by atoms with E-state index in [0.717, 1.165) is 0 Å². The van der Waals surface area contributed by atoms with Gasteiger partial charge in [0.05, 0.1) is 12.6 Å². The van der Waals surface area contributed by atoms with Crippen LogP contribution in [0.4, 0.5) is 0 Å². The van der Waals surface area contributed by atoms with E-state index in [2.05, 4.69) is 9.97 Å².